The van der Waals surface area contributed by atoms with E-state index in [0.29, 0.717) is 0 Å². The van der Waals surface area contributed by atoms with Crippen LogP contribution in [0.2, 0.25) is 0 Å². The van der Waals surface area contributed by atoms with Crippen LogP contribution in [-0.4, -0.2) is 0 Å². The van der Waals surface area contributed by atoms with Gasteiger partial charge in [-0.25, -0.2) is 0 Å². The van der Waals surface area contributed by atoms with E-state index in [0.717, 1.165) is 11.1 Å². The molecule has 0 nitrogen and oxygen atoms in total. The lowest BCUT2D eigenvalue weighted by molar-refractivity contribution is 1.34. The van der Waals surface area contributed by atoms with Crippen molar-refractivity contribution < 1.29 is 0 Å². The van der Waals surface area contributed by atoms with E-state index >= 15 is 0 Å². The maximum Gasteiger partial charge on any atom is 0.0408 e. The average molecular weight is 635 g/mol. The summed E-state index contributed by atoms with van der Waals surface area (Å²) < 4.78 is 0. The zero-order chi connectivity index (χ0) is 36.2. The fourth-order valence-electron chi connectivity index (χ4n) is 5.58. The van der Waals surface area contributed by atoms with Gasteiger partial charge in [0.15, 0.2) is 0 Å². The maximum atomic E-state index is 3.27. The highest BCUT2D eigenvalue weighted by atomic mass is 14.2. The molecule has 5 rings (SSSR count). The van der Waals surface area contributed by atoms with Crippen LogP contribution in [0.1, 0.15) is 103 Å². The molecule has 0 aliphatic heterocycles. The summed E-state index contributed by atoms with van der Waals surface area (Å²) in [5.41, 5.74) is 16.9. The Labute approximate surface area is 294 Å². The number of rotatable bonds is 4. The van der Waals surface area contributed by atoms with Crippen LogP contribution in [0.3, 0.4) is 0 Å². The van der Waals surface area contributed by atoms with Crippen LogP contribution in [0.15, 0.2) is 97.1 Å². The molecule has 0 N–H and O–H groups in total. The van der Waals surface area contributed by atoms with Gasteiger partial charge in [0.1, 0.15) is 0 Å². The van der Waals surface area contributed by atoms with Gasteiger partial charge in [-0.1, -0.05) is 146 Å². The largest absolute Gasteiger partial charge is 0.101 e. The van der Waals surface area contributed by atoms with Crippen LogP contribution in [-0.2, 0) is 0 Å². The van der Waals surface area contributed by atoms with Gasteiger partial charge in [0.25, 0.3) is 0 Å². The van der Waals surface area contributed by atoms with Gasteiger partial charge in [-0.2, -0.15) is 0 Å². The third-order valence-corrected chi connectivity index (χ3v) is 7.57. The fourth-order valence-corrected chi connectivity index (χ4v) is 5.58. The number of benzene rings is 5. The van der Waals surface area contributed by atoms with Gasteiger partial charge in [0.05, 0.1) is 0 Å². The highest BCUT2D eigenvalue weighted by Crippen LogP contribution is 2.40. The predicted molar refractivity (Wildman–Crippen MR) is 218 cm³/mol. The van der Waals surface area contributed by atoms with E-state index in [9.17, 15) is 0 Å². The standard InChI is InChI=1S/C40H34.4C2H6/c1-7-15-33-21-27(3)37(25-34(33)16-8-2)35-22-29(5)36(23-28(35)4)38-26-40(32-19-13-10-14-20-32)39(24-30(38)6)31-17-11-9-12-18-31;4*1-2/h9-14,17-26H,1-6H3;4*1-2H3. The molecule has 0 aliphatic rings. The Morgan fingerprint density at radius 3 is 1.02 bits per heavy atom. The molecule has 0 amide bonds. The molecule has 5 aromatic rings. The van der Waals surface area contributed by atoms with Gasteiger partial charge in [-0.3, -0.25) is 0 Å². The van der Waals surface area contributed by atoms with Crippen molar-refractivity contribution in [2.24, 2.45) is 0 Å². The second kappa shape index (κ2) is 21.9. The first-order valence-corrected chi connectivity index (χ1v) is 17.8. The molecule has 5 aromatic carbocycles. The summed E-state index contributed by atoms with van der Waals surface area (Å²) in [6.07, 6.45) is 0. The first-order chi connectivity index (χ1) is 23.4. The maximum absolute atomic E-state index is 3.27. The van der Waals surface area contributed by atoms with Crippen molar-refractivity contribution in [3.05, 3.63) is 130 Å². The van der Waals surface area contributed by atoms with Crippen molar-refractivity contribution in [1.29, 1.82) is 0 Å². The van der Waals surface area contributed by atoms with E-state index in [4.69, 9.17) is 0 Å². The first-order valence-electron chi connectivity index (χ1n) is 17.8. The Bertz CT molecular complexity index is 1830. The van der Waals surface area contributed by atoms with Gasteiger partial charge in [-0.15, -0.1) is 11.8 Å². The Morgan fingerprint density at radius 2 is 0.625 bits per heavy atom. The minimum Gasteiger partial charge on any atom is -0.101 e. The Morgan fingerprint density at radius 1 is 0.333 bits per heavy atom. The lowest BCUT2D eigenvalue weighted by Gasteiger charge is -2.19. The van der Waals surface area contributed by atoms with Crippen molar-refractivity contribution in [3.8, 4) is 68.2 Å². The van der Waals surface area contributed by atoms with Crippen LogP contribution in [0.5, 0.6) is 0 Å². The molecule has 48 heavy (non-hydrogen) atoms. The first kappa shape index (κ1) is 41.2. The summed E-state index contributed by atoms with van der Waals surface area (Å²) in [7, 11) is 0. The minimum atomic E-state index is 0.985. The molecule has 0 spiro atoms. The quantitative estimate of drug-likeness (QED) is 0.173. The molecule has 0 saturated heterocycles. The Hall–Kier alpha value is -4.78. The summed E-state index contributed by atoms with van der Waals surface area (Å²) in [6.45, 7) is 28.6. The molecule has 0 unspecified atom stereocenters. The molecule has 0 bridgehead atoms. The van der Waals surface area contributed by atoms with Crippen molar-refractivity contribution in [2.45, 2.75) is 96.9 Å². The molecule has 0 radical (unpaired) electrons. The molecule has 0 atom stereocenters. The lowest BCUT2D eigenvalue weighted by Crippen LogP contribution is -1.97. The van der Waals surface area contributed by atoms with Crippen LogP contribution in [0.25, 0.3) is 44.5 Å². The topological polar surface area (TPSA) is 0 Å². The van der Waals surface area contributed by atoms with Crippen LogP contribution < -0.4 is 0 Å². The molecular weight excluding hydrogens is 577 g/mol. The van der Waals surface area contributed by atoms with Crippen molar-refractivity contribution in [3.63, 3.8) is 0 Å². The van der Waals surface area contributed by atoms with Crippen molar-refractivity contribution in [1.82, 2.24) is 0 Å². The van der Waals surface area contributed by atoms with Gasteiger partial charge in [0.2, 0.25) is 0 Å². The van der Waals surface area contributed by atoms with E-state index in [1.165, 1.54) is 66.8 Å². The third-order valence-electron chi connectivity index (χ3n) is 7.57. The van der Waals surface area contributed by atoms with Crippen LogP contribution in [0, 0.1) is 51.4 Å². The second-order valence-corrected chi connectivity index (χ2v) is 10.4. The highest BCUT2D eigenvalue weighted by molar-refractivity contribution is 5.90. The zero-order valence-corrected chi connectivity index (χ0v) is 32.2. The molecular formula is C48H58. The van der Waals surface area contributed by atoms with Crippen LogP contribution in [0.4, 0.5) is 0 Å². The van der Waals surface area contributed by atoms with Gasteiger partial charge >= 0.3 is 0 Å². The summed E-state index contributed by atoms with van der Waals surface area (Å²) >= 11 is 0. The Kier molecular flexibility index (Phi) is 18.8. The fraction of sp³-hybridized carbons (Fsp3) is 0.292. The van der Waals surface area contributed by atoms with Crippen LogP contribution >= 0.6 is 0 Å². The van der Waals surface area contributed by atoms with Gasteiger partial charge in [-0.05, 0) is 127 Å². The van der Waals surface area contributed by atoms with E-state index in [1.807, 2.05) is 69.2 Å². The number of aryl methyl sites for hydroxylation is 4. The normalized spacial score (nSPS) is 9.12. The van der Waals surface area contributed by atoms with Crippen molar-refractivity contribution >= 4 is 0 Å². The summed E-state index contributed by atoms with van der Waals surface area (Å²) in [5, 5.41) is 0. The number of hydrogen-bond acceptors (Lipinski definition) is 0. The van der Waals surface area contributed by atoms with E-state index in [1.54, 1.807) is 0 Å². The summed E-state index contributed by atoms with van der Waals surface area (Å²) in [6, 6.07) is 35.2. The lowest BCUT2D eigenvalue weighted by atomic mass is 9.85. The highest BCUT2D eigenvalue weighted by Gasteiger charge is 2.17. The van der Waals surface area contributed by atoms with E-state index in [2.05, 4.69) is 148 Å². The monoisotopic (exact) mass is 634 g/mol. The van der Waals surface area contributed by atoms with E-state index in [-0.39, 0.29) is 0 Å². The average Bonchev–Trinajstić information content (AvgIpc) is 3.14. The van der Waals surface area contributed by atoms with Gasteiger partial charge < -0.3 is 0 Å². The molecule has 250 valence electrons. The molecule has 0 heteroatoms. The molecule has 0 fully saturated rings. The smallest absolute Gasteiger partial charge is 0.0408 e. The van der Waals surface area contributed by atoms with E-state index < -0.39 is 0 Å². The minimum absolute atomic E-state index is 0.985. The SMILES string of the molecule is CC.CC.CC.CC.CC#Cc1cc(C)c(-c2cc(C)c(-c3cc(-c4ccccc4)c(-c4ccccc4)cc3C)cc2C)cc1C#CC. The molecule has 0 aliphatic carbocycles. The Balaban J connectivity index is 0.00000134. The zero-order valence-electron chi connectivity index (χ0n) is 32.2. The van der Waals surface area contributed by atoms with Gasteiger partial charge in [0, 0.05) is 11.1 Å². The molecule has 0 aromatic heterocycles. The third kappa shape index (κ3) is 10.1. The molecule has 0 saturated carbocycles. The van der Waals surface area contributed by atoms with Crippen molar-refractivity contribution in [2.75, 3.05) is 0 Å². The summed E-state index contributed by atoms with van der Waals surface area (Å²) in [4.78, 5) is 0. The molecule has 0 heterocycles. The second-order valence-electron chi connectivity index (χ2n) is 10.4. The predicted octanol–water partition coefficient (Wildman–Crippen LogP) is 14.4. The summed E-state index contributed by atoms with van der Waals surface area (Å²) in [5.74, 6) is 12.6. The number of hydrogen-bond donors (Lipinski definition) is 0.